The standard InChI is InChI=1S/C28H29NO3/c1-20-9-11-22(12-10-20)19-29-28(31)26-17-23(13-14-27(30)32-3)16-24(18-26)15-21(2)25-7-5-4-6-8-25/h4-14,16-18,21H,15,19H2,1-3H3,(H,29,31)/b14-13+. The maximum Gasteiger partial charge on any atom is 0.330 e. The quantitative estimate of drug-likeness (QED) is 0.384. The minimum atomic E-state index is -0.432. The van der Waals surface area contributed by atoms with Crippen LogP contribution < -0.4 is 5.32 Å². The molecule has 0 heterocycles. The van der Waals surface area contributed by atoms with E-state index in [0.717, 1.165) is 23.1 Å². The molecule has 0 aliphatic rings. The van der Waals surface area contributed by atoms with E-state index in [2.05, 4.69) is 24.4 Å². The molecule has 0 aliphatic heterocycles. The third-order valence-electron chi connectivity index (χ3n) is 5.37. The topological polar surface area (TPSA) is 55.4 Å². The van der Waals surface area contributed by atoms with Gasteiger partial charge in [-0.2, -0.15) is 0 Å². The fourth-order valence-electron chi connectivity index (χ4n) is 3.54. The third kappa shape index (κ3) is 6.67. The van der Waals surface area contributed by atoms with E-state index >= 15 is 0 Å². The lowest BCUT2D eigenvalue weighted by atomic mass is 9.92. The second-order valence-corrected chi connectivity index (χ2v) is 8.00. The number of aryl methyl sites for hydroxylation is 1. The molecule has 0 aliphatic carbocycles. The van der Waals surface area contributed by atoms with Crippen LogP contribution in [0, 0.1) is 6.92 Å². The summed E-state index contributed by atoms with van der Waals surface area (Å²) in [5.74, 6) is -0.287. The summed E-state index contributed by atoms with van der Waals surface area (Å²) in [5, 5.41) is 3.00. The summed E-state index contributed by atoms with van der Waals surface area (Å²) >= 11 is 0. The van der Waals surface area contributed by atoms with Crippen LogP contribution in [0.5, 0.6) is 0 Å². The molecule has 4 nitrogen and oxygen atoms in total. The summed E-state index contributed by atoms with van der Waals surface area (Å²) < 4.78 is 4.69. The van der Waals surface area contributed by atoms with Crippen molar-refractivity contribution in [1.82, 2.24) is 5.32 Å². The van der Waals surface area contributed by atoms with Crippen LogP contribution >= 0.6 is 0 Å². The van der Waals surface area contributed by atoms with Gasteiger partial charge in [-0.1, -0.05) is 73.2 Å². The van der Waals surface area contributed by atoms with Crippen molar-refractivity contribution >= 4 is 18.0 Å². The van der Waals surface area contributed by atoms with Gasteiger partial charge >= 0.3 is 5.97 Å². The smallest absolute Gasteiger partial charge is 0.330 e. The Bertz CT molecular complexity index is 1090. The molecule has 1 amide bonds. The first kappa shape index (κ1) is 23.0. The molecule has 0 fully saturated rings. The second-order valence-electron chi connectivity index (χ2n) is 8.00. The summed E-state index contributed by atoms with van der Waals surface area (Å²) in [6.07, 6.45) is 3.83. The molecule has 0 radical (unpaired) electrons. The highest BCUT2D eigenvalue weighted by atomic mass is 16.5. The molecule has 3 aromatic rings. The minimum absolute atomic E-state index is 0.146. The van der Waals surface area contributed by atoms with Gasteiger partial charge in [-0.3, -0.25) is 4.79 Å². The van der Waals surface area contributed by atoms with Crippen LogP contribution in [-0.2, 0) is 22.5 Å². The summed E-state index contributed by atoms with van der Waals surface area (Å²) in [7, 11) is 1.34. The highest BCUT2D eigenvalue weighted by Crippen LogP contribution is 2.22. The van der Waals surface area contributed by atoms with Crippen molar-refractivity contribution in [3.63, 3.8) is 0 Å². The Kier molecular flexibility index (Phi) is 7.98. The fourth-order valence-corrected chi connectivity index (χ4v) is 3.54. The summed E-state index contributed by atoms with van der Waals surface area (Å²) in [4.78, 5) is 24.5. The predicted molar refractivity (Wildman–Crippen MR) is 128 cm³/mol. The molecule has 0 saturated carbocycles. The molecule has 0 spiro atoms. The first-order chi connectivity index (χ1) is 15.4. The number of hydrogen-bond acceptors (Lipinski definition) is 3. The van der Waals surface area contributed by atoms with Crippen LogP contribution in [0.4, 0.5) is 0 Å². The highest BCUT2D eigenvalue weighted by molar-refractivity contribution is 5.95. The van der Waals surface area contributed by atoms with Crippen molar-refractivity contribution in [1.29, 1.82) is 0 Å². The van der Waals surface area contributed by atoms with E-state index in [4.69, 9.17) is 4.74 Å². The van der Waals surface area contributed by atoms with Gasteiger partial charge in [0.25, 0.3) is 5.91 Å². The number of rotatable bonds is 8. The molecular formula is C28H29NO3. The number of ether oxygens (including phenoxy) is 1. The van der Waals surface area contributed by atoms with E-state index in [-0.39, 0.29) is 5.91 Å². The van der Waals surface area contributed by atoms with E-state index in [1.54, 1.807) is 12.1 Å². The highest BCUT2D eigenvalue weighted by Gasteiger charge is 2.12. The number of hydrogen-bond donors (Lipinski definition) is 1. The summed E-state index contributed by atoms with van der Waals surface area (Å²) in [5.41, 5.74) is 5.86. The van der Waals surface area contributed by atoms with Crippen molar-refractivity contribution < 1.29 is 14.3 Å². The average molecular weight is 428 g/mol. The average Bonchev–Trinajstić information content (AvgIpc) is 2.82. The fraction of sp³-hybridized carbons (Fsp3) is 0.214. The van der Waals surface area contributed by atoms with Gasteiger partial charge in [0.2, 0.25) is 0 Å². The normalized spacial score (nSPS) is 11.8. The van der Waals surface area contributed by atoms with Gasteiger partial charge < -0.3 is 10.1 Å². The maximum absolute atomic E-state index is 12.9. The molecule has 0 bridgehead atoms. The van der Waals surface area contributed by atoms with Crippen molar-refractivity contribution in [2.45, 2.75) is 32.7 Å². The zero-order chi connectivity index (χ0) is 22.9. The lowest BCUT2D eigenvalue weighted by molar-refractivity contribution is -0.134. The molecule has 164 valence electrons. The van der Waals surface area contributed by atoms with Crippen LogP contribution in [0.3, 0.4) is 0 Å². The molecule has 3 aromatic carbocycles. The van der Waals surface area contributed by atoms with E-state index < -0.39 is 5.97 Å². The van der Waals surface area contributed by atoms with Crippen molar-refractivity contribution in [3.8, 4) is 0 Å². The number of amides is 1. The molecule has 4 heteroatoms. The Morgan fingerprint density at radius 3 is 2.38 bits per heavy atom. The number of carbonyl (C=O) groups is 2. The molecule has 1 N–H and O–H groups in total. The summed E-state index contributed by atoms with van der Waals surface area (Å²) in [6, 6.07) is 24.1. The first-order valence-corrected chi connectivity index (χ1v) is 10.7. The second kappa shape index (κ2) is 11.1. The summed E-state index contributed by atoms with van der Waals surface area (Å²) in [6.45, 7) is 4.66. The molecule has 0 saturated heterocycles. The number of nitrogens with one attached hydrogen (secondary N) is 1. The Hall–Kier alpha value is -3.66. The number of benzene rings is 3. The first-order valence-electron chi connectivity index (χ1n) is 10.7. The van der Waals surface area contributed by atoms with E-state index in [1.807, 2.05) is 61.5 Å². The monoisotopic (exact) mass is 427 g/mol. The molecule has 1 atom stereocenters. The predicted octanol–water partition coefficient (Wildman–Crippen LogP) is 5.46. The van der Waals surface area contributed by atoms with E-state index in [1.165, 1.54) is 24.3 Å². The molecule has 3 rings (SSSR count). The molecular weight excluding hydrogens is 398 g/mol. The molecule has 32 heavy (non-hydrogen) atoms. The Balaban J connectivity index is 1.81. The SMILES string of the molecule is COC(=O)/C=C/c1cc(CC(C)c2ccccc2)cc(C(=O)NCc2ccc(C)cc2)c1. The van der Waals surface area contributed by atoms with Crippen molar-refractivity contribution in [2.24, 2.45) is 0 Å². The zero-order valence-corrected chi connectivity index (χ0v) is 18.8. The van der Waals surface area contributed by atoms with Gasteiger partial charge in [0, 0.05) is 18.2 Å². The van der Waals surface area contributed by atoms with Crippen LogP contribution in [0.25, 0.3) is 6.08 Å². The van der Waals surface area contributed by atoms with Crippen LogP contribution in [0.2, 0.25) is 0 Å². The van der Waals surface area contributed by atoms with Gasteiger partial charge in [-0.05, 0) is 59.7 Å². The molecule has 0 aromatic heterocycles. The zero-order valence-electron chi connectivity index (χ0n) is 18.8. The number of carbonyl (C=O) groups excluding carboxylic acids is 2. The molecule has 1 unspecified atom stereocenters. The van der Waals surface area contributed by atoms with Gasteiger partial charge in [-0.25, -0.2) is 4.79 Å². The van der Waals surface area contributed by atoms with Gasteiger partial charge in [0.1, 0.15) is 0 Å². The Morgan fingerprint density at radius 2 is 1.69 bits per heavy atom. The largest absolute Gasteiger partial charge is 0.466 e. The van der Waals surface area contributed by atoms with Gasteiger partial charge in [0.15, 0.2) is 0 Å². The van der Waals surface area contributed by atoms with Crippen molar-refractivity contribution in [2.75, 3.05) is 7.11 Å². The van der Waals surface area contributed by atoms with Crippen LogP contribution in [-0.4, -0.2) is 19.0 Å². The van der Waals surface area contributed by atoms with Crippen molar-refractivity contribution in [3.05, 3.63) is 112 Å². The van der Waals surface area contributed by atoms with Gasteiger partial charge in [-0.15, -0.1) is 0 Å². The lowest BCUT2D eigenvalue weighted by Gasteiger charge is -2.14. The van der Waals surface area contributed by atoms with Crippen LogP contribution in [0.15, 0.2) is 78.9 Å². The van der Waals surface area contributed by atoms with Crippen LogP contribution in [0.1, 0.15) is 51.0 Å². The van der Waals surface area contributed by atoms with E-state index in [0.29, 0.717) is 18.0 Å². The third-order valence-corrected chi connectivity index (χ3v) is 5.37. The Labute approximate surface area is 189 Å². The van der Waals surface area contributed by atoms with Gasteiger partial charge in [0.05, 0.1) is 7.11 Å². The number of esters is 1. The minimum Gasteiger partial charge on any atom is -0.466 e. The maximum atomic E-state index is 12.9. The lowest BCUT2D eigenvalue weighted by Crippen LogP contribution is -2.23. The number of methoxy groups -OCH3 is 1. The Morgan fingerprint density at radius 1 is 0.969 bits per heavy atom. The van der Waals surface area contributed by atoms with E-state index in [9.17, 15) is 9.59 Å².